The van der Waals surface area contributed by atoms with Crippen LogP contribution >= 0.6 is 11.3 Å². The molecule has 0 aliphatic heterocycles. The highest BCUT2D eigenvalue weighted by molar-refractivity contribution is 7.11. The van der Waals surface area contributed by atoms with E-state index in [1.54, 1.807) is 13.2 Å². The fraction of sp³-hybridized carbons (Fsp3) is 0.231. The van der Waals surface area contributed by atoms with E-state index < -0.39 is 5.97 Å². The molecule has 2 heterocycles. The smallest absolute Gasteiger partial charge is 0.355 e. The van der Waals surface area contributed by atoms with E-state index in [2.05, 4.69) is 9.97 Å². The van der Waals surface area contributed by atoms with Crippen molar-refractivity contribution in [1.82, 2.24) is 14.9 Å². The lowest BCUT2D eigenvalue weighted by molar-refractivity contribution is 0.0691. The minimum atomic E-state index is -1.13. The first kappa shape index (κ1) is 14.1. The van der Waals surface area contributed by atoms with Crippen LogP contribution < -0.4 is 0 Å². The van der Waals surface area contributed by atoms with Gasteiger partial charge in [0.25, 0.3) is 5.91 Å². The summed E-state index contributed by atoms with van der Waals surface area (Å²) in [4.78, 5) is 32.3. The highest BCUT2D eigenvalue weighted by atomic mass is 32.1. The zero-order valence-corrected chi connectivity index (χ0v) is 11.6. The van der Waals surface area contributed by atoms with Gasteiger partial charge in [-0.25, -0.2) is 9.78 Å². The lowest BCUT2D eigenvalue weighted by atomic mass is 10.2. The number of nitrogens with zero attached hydrogens (tertiary/aromatic N) is 3. The molecule has 2 rings (SSSR count). The van der Waals surface area contributed by atoms with Gasteiger partial charge in [-0.05, 0) is 12.1 Å². The van der Waals surface area contributed by atoms with Gasteiger partial charge in [0.2, 0.25) is 0 Å². The number of hydrogen-bond donors (Lipinski definition) is 1. The third-order valence-electron chi connectivity index (χ3n) is 2.68. The number of amides is 1. The normalized spacial score (nSPS) is 10.2. The summed E-state index contributed by atoms with van der Waals surface area (Å²) in [6.07, 6.45) is 2.34. The molecule has 0 saturated heterocycles. The largest absolute Gasteiger partial charge is 0.476 e. The quantitative estimate of drug-likeness (QED) is 0.903. The molecule has 0 atom stereocenters. The molecule has 2 aromatic rings. The average Bonchev–Trinajstić information content (AvgIpc) is 2.95. The number of aromatic nitrogens is 2. The number of thiazole rings is 1. The van der Waals surface area contributed by atoms with Crippen molar-refractivity contribution in [3.63, 3.8) is 0 Å². The molecule has 0 radical (unpaired) electrons. The summed E-state index contributed by atoms with van der Waals surface area (Å²) >= 11 is 1.04. The minimum Gasteiger partial charge on any atom is -0.476 e. The predicted molar refractivity (Wildman–Crippen MR) is 74.0 cm³/mol. The molecule has 1 amide bonds. The van der Waals surface area contributed by atoms with Crippen LogP contribution in [0.25, 0.3) is 0 Å². The van der Waals surface area contributed by atoms with Crippen molar-refractivity contribution in [3.05, 3.63) is 46.2 Å². The molecule has 0 unspecified atom stereocenters. The SMILES string of the molecule is CN(CCc1ccccn1)C(=O)c1nc(C(=O)O)cs1. The Morgan fingerprint density at radius 2 is 2.20 bits per heavy atom. The van der Waals surface area contributed by atoms with Crippen LogP contribution in [0.5, 0.6) is 0 Å². The van der Waals surface area contributed by atoms with Gasteiger partial charge in [-0.2, -0.15) is 0 Å². The van der Waals surface area contributed by atoms with Crippen molar-refractivity contribution < 1.29 is 14.7 Å². The Hall–Kier alpha value is -2.28. The molecule has 20 heavy (non-hydrogen) atoms. The number of likely N-dealkylation sites (N-methyl/N-ethyl adjacent to an activating group) is 1. The summed E-state index contributed by atoms with van der Waals surface area (Å²) in [5, 5.41) is 10.3. The average molecular weight is 291 g/mol. The summed E-state index contributed by atoms with van der Waals surface area (Å²) in [6.45, 7) is 0.498. The number of carbonyl (C=O) groups excluding carboxylic acids is 1. The summed E-state index contributed by atoms with van der Waals surface area (Å²) in [5.41, 5.74) is 0.800. The maximum Gasteiger partial charge on any atom is 0.355 e. The van der Waals surface area contributed by atoms with Gasteiger partial charge in [-0.15, -0.1) is 11.3 Å². The van der Waals surface area contributed by atoms with Crippen LogP contribution in [0.4, 0.5) is 0 Å². The molecule has 1 N–H and O–H groups in total. The van der Waals surface area contributed by atoms with E-state index in [-0.39, 0.29) is 16.6 Å². The van der Waals surface area contributed by atoms with Gasteiger partial charge in [0.05, 0.1) is 0 Å². The molecule has 0 aliphatic carbocycles. The standard InChI is InChI=1S/C13H13N3O3S/c1-16(7-5-9-4-2-3-6-14-9)12(17)11-15-10(8-20-11)13(18)19/h2-4,6,8H,5,7H2,1H3,(H,18,19). The number of pyridine rings is 1. The first-order valence-electron chi connectivity index (χ1n) is 5.92. The van der Waals surface area contributed by atoms with Crippen molar-refractivity contribution in [2.75, 3.05) is 13.6 Å². The molecule has 0 spiro atoms. The third-order valence-corrected chi connectivity index (χ3v) is 3.51. The Kier molecular flexibility index (Phi) is 4.41. The highest BCUT2D eigenvalue weighted by Gasteiger charge is 2.18. The predicted octanol–water partition coefficient (Wildman–Crippen LogP) is 1.55. The van der Waals surface area contributed by atoms with Crippen LogP contribution in [0.2, 0.25) is 0 Å². The first-order chi connectivity index (χ1) is 9.58. The van der Waals surface area contributed by atoms with Crippen LogP contribution in [0, 0.1) is 0 Å². The molecule has 0 fully saturated rings. The van der Waals surface area contributed by atoms with Crippen molar-refractivity contribution in [3.8, 4) is 0 Å². The second kappa shape index (κ2) is 6.25. The van der Waals surface area contributed by atoms with E-state index in [1.165, 1.54) is 10.3 Å². The fourth-order valence-corrected chi connectivity index (χ4v) is 2.35. The summed E-state index contributed by atoms with van der Waals surface area (Å²) in [6, 6.07) is 5.62. The van der Waals surface area contributed by atoms with Gasteiger partial charge in [0.15, 0.2) is 10.7 Å². The zero-order valence-electron chi connectivity index (χ0n) is 10.8. The first-order valence-corrected chi connectivity index (χ1v) is 6.80. The molecule has 6 nitrogen and oxygen atoms in total. The summed E-state index contributed by atoms with van der Waals surface area (Å²) in [7, 11) is 1.66. The topological polar surface area (TPSA) is 83.4 Å². The fourth-order valence-electron chi connectivity index (χ4n) is 1.56. The van der Waals surface area contributed by atoms with Gasteiger partial charge in [-0.1, -0.05) is 6.07 Å². The summed E-state index contributed by atoms with van der Waals surface area (Å²) < 4.78 is 0. The summed E-state index contributed by atoms with van der Waals surface area (Å²) in [5.74, 6) is -1.41. The van der Waals surface area contributed by atoms with E-state index >= 15 is 0 Å². The van der Waals surface area contributed by atoms with Gasteiger partial charge < -0.3 is 10.0 Å². The van der Waals surface area contributed by atoms with Crippen molar-refractivity contribution >= 4 is 23.2 Å². The molecule has 0 bridgehead atoms. The lowest BCUT2D eigenvalue weighted by Gasteiger charge is -2.15. The van der Waals surface area contributed by atoms with Gasteiger partial charge >= 0.3 is 5.97 Å². The van der Waals surface area contributed by atoms with Crippen LogP contribution in [-0.2, 0) is 6.42 Å². The number of carboxylic acid groups (broad SMARTS) is 1. The van der Waals surface area contributed by atoms with Crippen LogP contribution in [-0.4, -0.2) is 45.4 Å². The van der Waals surface area contributed by atoms with Crippen molar-refractivity contribution in [2.45, 2.75) is 6.42 Å². The maximum atomic E-state index is 12.1. The number of rotatable bonds is 5. The molecule has 0 saturated carbocycles. The number of aromatic carboxylic acids is 1. The molecular weight excluding hydrogens is 278 g/mol. The van der Waals surface area contributed by atoms with Crippen molar-refractivity contribution in [2.24, 2.45) is 0 Å². The Balaban J connectivity index is 1.96. The second-order valence-electron chi connectivity index (χ2n) is 4.14. The monoisotopic (exact) mass is 291 g/mol. The molecule has 0 aromatic carbocycles. The van der Waals surface area contributed by atoms with Gasteiger partial charge in [0, 0.05) is 37.3 Å². The lowest BCUT2D eigenvalue weighted by Crippen LogP contribution is -2.29. The highest BCUT2D eigenvalue weighted by Crippen LogP contribution is 2.12. The zero-order chi connectivity index (χ0) is 14.5. The van der Waals surface area contributed by atoms with Crippen LogP contribution in [0.1, 0.15) is 26.0 Å². The number of carboxylic acids is 1. The van der Waals surface area contributed by atoms with Gasteiger partial charge in [-0.3, -0.25) is 9.78 Å². The Bertz CT molecular complexity index is 612. The second-order valence-corrected chi connectivity index (χ2v) is 5.00. The number of carbonyl (C=O) groups is 2. The molecule has 104 valence electrons. The van der Waals surface area contributed by atoms with E-state index in [4.69, 9.17) is 5.11 Å². The van der Waals surface area contributed by atoms with Crippen LogP contribution in [0.3, 0.4) is 0 Å². The molecule has 7 heteroatoms. The molecule has 2 aromatic heterocycles. The molecular formula is C13H13N3O3S. The maximum absolute atomic E-state index is 12.1. The Morgan fingerprint density at radius 3 is 2.80 bits per heavy atom. The number of hydrogen-bond acceptors (Lipinski definition) is 5. The third kappa shape index (κ3) is 3.39. The van der Waals surface area contributed by atoms with E-state index in [0.29, 0.717) is 13.0 Å². The van der Waals surface area contributed by atoms with Crippen LogP contribution in [0.15, 0.2) is 29.8 Å². The minimum absolute atomic E-state index is 0.100. The van der Waals surface area contributed by atoms with Gasteiger partial charge in [0.1, 0.15) is 0 Å². The Morgan fingerprint density at radius 1 is 1.40 bits per heavy atom. The van der Waals surface area contributed by atoms with Crippen molar-refractivity contribution in [1.29, 1.82) is 0 Å². The van der Waals surface area contributed by atoms with E-state index in [0.717, 1.165) is 17.0 Å². The molecule has 0 aliphatic rings. The Labute approximate surface area is 119 Å². The van der Waals surface area contributed by atoms with E-state index in [1.807, 2.05) is 18.2 Å². The van der Waals surface area contributed by atoms with E-state index in [9.17, 15) is 9.59 Å².